The summed E-state index contributed by atoms with van der Waals surface area (Å²) in [6.45, 7) is 2.09. The Morgan fingerprint density at radius 3 is 2.39 bits per heavy atom. The molecular formula is C24H26N2O2. The number of carbonyl (C=O) groups is 2. The second-order valence-corrected chi connectivity index (χ2v) is 7.57. The number of fused-ring (bicyclic) bond motifs is 1. The Balaban J connectivity index is 1.35. The van der Waals surface area contributed by atoms with Crippen molar-refractivity contribution in [3.63, 3.8) is 0 Å². The Morgan fingerprint density at radius 1 is 0.893 bits per heavy atom. The van der Waals surface area contributed by atoms with Gasteiger partial charge in [-0.3, -0.25) is 9.59 Å². The lowest BCUT2D eigenvalue weighted by Gasteiger charge is -2.36. The van der Waals surface area contributed by atoms with Gasteiger partial charge in [0.05, 0.1) is 0 Å². The van der Waals surface area contributed by atoms with Crippen LogP contribution in [0.3, 0.4) is 0 Å². The Morgan fingerprint density at radius 2 is 1.61 bits per heavy atom. The molecule has 2 aromatic rings. The van der Waals surface area contributed by atoms with Crippen LogP contribution in [0.4, 0.5) is 5.69 Å². The van der Waals surface area contributed by atoms with Crippen molar-refractivity contribution >= 4 is 23.6 Å². The van der Waals surface area contributed by atoms with Crippen molar-refractivity contribution in [3.05, 3.63) is 71.8 Å². The van der Waals surface area contributed by atoms with Crippen molar-refractivity contribution in [1.29, 1.82) is 0 Å². The van der Waals surface area contributed by atoms with Crippen LogP contribution in [-0.2, 0) is 16.0 Å². The van der Waals surface area contributed by atoms with Crippen molar-refractivity contribution in [3.8, 4) is 0 Å². The predicted octanol–water partition coefficient (Wildman–Crippen LogP) is 3.92. The van der Waals surface area contributed by atoms with E-state index in [1.165, 1.54) is 5.56 Å². The van der Waals surface area contributed by atoms with Gasteiger partial charge in [-0.25, -0.2) is 0 Å². The van der Waals surface area contributed by atoms with Gasteiger partial charge in [-0.05, 0) is 49.0 Å². The van der Waals surface area contributed by atoms with Crippen molar-refractivity contribution in [2.75, 3.05) is 24.5 Å². The molecule has 1 fully saturated rings. The maximum Gasteiger partial charge on any atom is 0.246 e. The molecule has 2 amide bonds. The maximum atomic E-state index is 13.1. The molecule has 144 valence electrons. The fourth-order valence-electron chi connectivity index (χ4n) is 4.17. The lowest BCUT2D eigenvalue weighted by Crippen LogP contribution is -2.45. The number of amides is 2. The molecule has 0 aliphatic carbocycles. The molecule has 0 saturated carbocycles. The molecular weight excluding hydrogens is 348 g/mol. The minimum Gasteiger partial charge on any atom is -0.339 e. The van der Waals surface area contributed by atoms with E-state index in [1.54, 1.807) is 6.08 Å². The van der Waals surface area contributed by atoms with Crippen molar-refractivity contribution in [1.82, 2.24) is 4.90 Å². The van der Waals surface area contributed by atoms with Gasteiger partial charge in [0.1, 0.15) is 0 Å². The molecule has 0 radical (unpaired) electrons. The summed E-state index contributed by atoms with van der Waals surface area (Å²) in [5, 5.41) is 0. The minimum atomic E-state index is 0.00769. The van der Waals surface area contributed by atoms with Gasteiger partial charge in [-0.15, -0.1) is 0 Å². The molecule has 0 N–H and O–H groups in total. The van der Waals surface area contributed by atoms with E-state index in [-0.39, 0.29) is 17.7 Å². The van der Waals surface area contributed by atoms with Crippen molar-refractivity contribution < 1.29 is 9.59 Å². The zero-order valence-electron chi connectivity index (χ0n) is 16.1. The van der Waals surface area contributed by atoms with E-state index in [0.717, 1.165) is 43.5 Å². The first-order valence-electron chi connectivity index (χ1n) is 10.1. The first-order chi connectivity index (χ1) is 13.7. The van der Waals surface area contributed by atoms with E-state index in [1.807, 2.05) is 58.3 Å². The van der Waals surface area contributed by atoms with E-state index in [0.29, 0.717) is 13.1 Å². The van der Waals surface area contributed by atoms with Gasteiger partial charge in [-0.2, -0.15) is 0 Å². The third-order valence-corrected chi connectivity index (χ3v) is 5.75. The van der Waals surface area contributed by atoms with Gasteiger partial charge in [0.15, 0.2) is 0 Å². The van der Waals surface area contributed by atoms with Gasteiger partial charge in [0, 0.05) is 37.3 Å². The molecule has 0 atom stereocenters. The van der Waals surface area contributed by atoms with E-state index in [2.05, 4.69) is 12.1 Å². The average Bonchev–Trinajstić information content (AvgIpc) is 2.77. The first kappa shape index (κ1) is 18.5. The highest BCUT2D eigenvalue weighted by molar-refractivity contribution is 5.96. The fraction of sp³-hybridized carbons (Fsp3) is 0.333. The molecule has 0 bridgehead atoms. The van der Waals surface area contributed by atoms with Crippen LogP contribution in [0.1, 0.15) is 30.4 Å². The summed E-state index contributed by atoms with van der Waals surface area (Å²) in [4.78, 5) is 29.4. The van der Waals surface area contributed by atoms with Gasteiger partial charge < -0.3 is 9.80 Å². The quantitative estimate of drug-likeness (QED) is 0.764. The van der Waals surface area contributed by atoms with Crippen molar-refractivity contribution in [2.45, 2.75) is 25.7 Å². The van der Waals surface area contributed by atoms with Crippen LogP contribution in [0.25, 0.3) is 6.08 Å². The largest absolute Gasteiger partial charge is 0.339 e. The molecule has 4 rings (SSSR count). The van der Waals surface area contributed by atoms with Gasteiger partial charge in [0.25, 0.3) is 0 Å². The number of benzene rings is 2. The average molecular weight is 374 g/mol. The minimum absolute atomic E-state index is 0.00769. The normalized spacial score (nSPS) is 17.6. The number of rotatable bonds is 3. The van der Waals surface area contributed by atoms with E-state index < -0.39 is 0 Å². The summed E-state index contributed by atoms with van der Waals surface area (Å²) in [6, 6.07) is 18.1. The van der Waals surface area contributed by atoms with Crippen LogP contribution >= 0.6 is 0 Å². The topological polar surface area (TPSA) is 40.6 Å². The Labute approximate surface area is 166 Å². The number of carbonyl (C=O) groups excluding carboxylic acids is 2. The van der Waals surface area contributed by atoms with Crippen LogP contribution in [0.15, 0.2) is 60.7 Å². The fourth-order valence-corrected chi connectivity index (χ4v) is 4.17. The molecule has 28 heavy (non-hydrogen) atoms. The Bertz CT molecular complexity index is 867. The number of anilines is 1. The monoisotopic (exact) mass is 374 g/mol. The highest BCUT2D eigenvalue weighted by atomic mass is 16.2. The van der Waals surface area contributed by atoms with E-state index >= 15 is 0 Å². The van der Waals surface area contributed by atoms with Gasteiger partial charge >= 0.3 is 0 Å². The number of piperidine rings is 1. The summed E-state index contributed by atoms with van der Waals surface area (Å²) in [6.07, 6.45) is 7.03. The summed E-state index contributed by atoms with van der Waals surface area (Å²) >= 11 is 0. The Hall–Kier alpha value is -2.88. The molecule has 0 spiro atoms. The third kappa shape index (κ3) is 4.01. The first-order valence-corrected chi connectivity index (χ1v) is 10.1. The van der Waals surface area contributed by atoms with Crippen LogP contribution in [0.2, 0.25) is 0 Å². The lowest BCUT2D eigenvalue weighted by molar-refractivity contribution is -0.131. The SMILES string of the molecule is O=C(/C=C/c1ccccc1)N1CCC(C(=O)N2CCCc3ccccc32)CC1. The van der Waals surface area contributed by atoms with Gasteiger partial charge in [0.2, 0.25) is 11.8 Å². The van der Waals surface area contributed by atoms with E-state index in [9.17, 15) is 9.59 Å². The molecule has 1 saturated heterocycles. The van der Waals surface area contributed by atoms with E-state index in [4.69, 9.17) is 0 Å². The second-order valence-electron chi connectivity index (χ2n) is 7.57. The van der Waals surface area contributed by atoms with Crippen LogP contribution in [0, 0.1) is 5.92 Å². The second kappa shape index (κ2) is 8.42. The maximum absolute atomic E-state index is 13.1. The molecule has 4 heteroatoms. The summed E-state index contributed by atoms with van der Waals surface area (Å²) < 4.78 is 0. The molecule has 0 unspecified atom stereocenters. The summed E-state index contributed by atoms with van der Waals surface area (Å²) in [5.41, 5.74) is 3.36. The number of hydrogen-bond donors (Lipinski definition) is 0. The molecule has 2 aliphatic rings. The third-order valence-electron chi connectivity index (χ3n) is 5.75. The lowest BCUT2D eigenvalue weighted by atomic mass is 9.93. The molecule has 2 aromatic carbocycles. The number of likely N-dealkylation sites (tertiary alicyclic amines) is 1. The van der Waals surface area contributed by atoms with Crippen molar-refractivity contribution in [2.24, 2.45) is 5.92 Å². The summed E-state index contributed by atoms with van der Waals surface area (Å²) in [7, 11) is 0. The highest BCUT2D eigenvalue weighted by Crippen LogP contribution is 2.30. The summed E-state index contributed by atoms with van der Waals surface area (Å²) in [5.74, 6) is 0.255. The van der Waals surface area contributed by atoms with Crippen LogP contribution < -0.4 is 4.90 Å². The van der Waals surface area contributed by atoms with Crippen LogP contribution in [-0.4, -0.2) is 36.3 Å². The highest BCUT2D eigenvalue weighted by Gasteiger charge is 2.32. The smallest absolute Gasteiger partial charge is 0.246 e. The molecule has 0 aromatic heterocycles. The predicted molar refractivity (Wildman–Crippen MR) is 112 cm³/mol. The standard InChI is InChI=1S/C24H26N2O2/c27-23(13-12-19-7-2-1-3-8-19)25-17-14-21(15-18-25)24(28)26-16-6-10-20-9-4-5-11-22(20)26/h1-5,7-9,11-13,21H,6,10,14-18H2/b13-12+. The number of hydrogen-bond acceptors (Lipinski definition) is 2. The Kier molecular flexibility index (Phi) is 5.56. The molecule has 2 heterocycles. The van der Waals surface area contributed by atoms with Gasteiger partial charge in [-0.1, -0.05) is 48.5 Å². The molecule has 4 nitrogen and oxygen atoms in total. The number of para-hydroxylation sites is 1. The van der Waals surface area contributed by atoms with Crippen LogP contribution in [0.5, 0.6) is 0 Å². The molecule has 2 aliphatic heterocycles. The zero-order valence-corrected chi connectivity index (χ0v) is 16.1. The number of nitrogens with zero attached hydrogens (tertiary/aromatic N) is 2. The zero-order chi connectivity index (χ0) is 19.3. The number of aryl methyl sites for hydroxylation is 1.